The van der Waals surface area contributed by atoms with E-state index in [9.17, 15) is 0 Å². The SMILES string of the molecule is CC(N)c1cc2c(cc1Br)OCCCO2. The van der Waals surface area contributed by atoms with Crippen molar-refractivity contribution in [3.05, 3.63) is 22.2 Å². The topological polar surface area (TPSA) is 44.5 Å². The zero-order chi connectivity index (χ0) is 10.8. The number of benzene rings is 1. The zero-order valence-corrected chi connectivity index (χ0v) is 10.2. The molecule has 4 heteroatoms. The molecule has 3 nitrogen and oxygen atoms in total. The maximum atomic E-state index is 5.86. The minimum atomic E-state index is -0.0171. The van der Waals surface area contributed by atoms with E-state index in [0.29, 0.717) is 13.2 Å². The number of fused-ring (bicyclic) bond motifs is 1. The third kappa shape index (κ3) is 2.26. The van der Waals surface area contributed by atoms with Crippen molar-refractivity contribution in [2.24, 2.45) is 5.73 Å². The molecular formula is C11H14BrNO2. The van der Waals surface area contributed by atoms with Crippen molar-refractivity contribution in [1.29, 1.82) is 0 Å². The third-order valence-electron chi connectivity index (χ3n) is 2.36. The molecule has 1 unspecified atom stereocenters. The average molecular weight is 272 g/mol. The molecule has 1 aliphatic rings. The maximum Gasteiger partial charge on any atom is 0.162 e. The van der Waals surface area contributed by atoms with Gasteiger partial charge in [-0.15, -0.1) is 0 Å². The molecule has 15 heavy (non-hydrogen) atoms. The summed E-state index contributed by atoms with van der Waals surface area (Å²) in [6, 6.07) is 3.87. The van der Waals surface area contributed by atoms with E-state index in [-0.39, 0.29) is 6.04 Å². The molecule has 0 aliphatic carbocycles. The Balaban J connectivity index is 2.42. The second kappa shape index (κ2) is 4.41. The van der Waals surface area contributed by atoms with E-state index in [1.807, 2.05) is 19.1 Å². The molecule has 0 saturated heterocycles. The highest BCUT2D eigenvalue weighted by Crippen LogP contribution is 2.36. The van der Waals surface area contributed by atoms with Gasteiger partial charge >= 0.3 is 0 Å². The van der Waals surface area contributed by atoms with Gasteiger partial charge in [-0.25, -0.2) is 0 Å². The van der Waals surface area contributed by atoms with Gasteiger partial charge in [0.2, 0.25) is 0 Å². The van der Waals surface area contributed by atoms with E-state index in [4.69, 9.17) is 15.2 Å². The molecule has 1 atom stereocenters. The predicted molar refractivity (Wildman–Crippen MR) is 62.4 cm³/mol. The van der Waals surface area contributed by atoms with Gasteiger partial charge in [0.25, 0.3) is 0 Å². The lowest BCUT2D eigenvalue weighted by Gasteiger charge is -2.13. The van der Waals surface area contributed by atoms with Crippen LogP contribution in [0.4, 0.5) is 0 Å². The molecule has 0 bridgehead atoms. The van der Waals surface area contributed by atoms with Crippen LogP contribution >= 0.6 is 15.9 Å². The second-order valence-corrected chi connectivity index (χ2v) is 4.51. The largest absolute Gasteiger partial charge is 0.490 e. The Morgan fingerprint density at radius 2 is 1.87 bits per heavy atom. The first-order chi connectivity index (χ1) is 7.18. The minimum Gasteiger partial charge on any atom is -0.490 e. The first-order valence-corrected chi connectivity index (χ1v) is 5.82. The molecule has 1 aliphatic heterocycles. The Labute approximate surface area is 97.7 Å². The van der Waals surface area contributed by atoms with Crippen LogP contribution in [0, 0.1) is 0 Å². The molecule has 0 saturated carbocycles. The average Bonchev–Trinajstić information content (AvgIpc) is 2.40. The first-order valence-electron chi connectivity index (χ1n) is 5.03. The number of halogens is 1. The molecule has 0 amide bonds. The van der Waals surface area contributed by atoms with Gasteiger partial charge in [0.1, 0.15) is 0 Å². The van der Waals surface area contributed by atoms with E-state index in [1.54, 1.807) is 0 Å². The van der Waals surface area contributed by atoms with Crippen LogP contribution in [-0.4, -0.2) is 13.2 Å². The monoisotopic (exact) mass is 271 g/mol. The van der Waals surface area contributed by atoms with Gasteiger partial charge in [0.15, 0.2) is 11.5 Å². The van der Waals surface area contributed by atoms with Gasteiger partial charge in [-0.3, -0.25) is 0 Å². The van der Waals surface area contributed by atoms with Crippen LogP contribution in [0.3, 0.4) is 0 Å². The number of rotatable bonds is 1. The minimum absolute atomic E-state index is 0.0171. The highest BCUT2D eigenvalue weighted by molar-refractivity contribution is 9.10. The fourth-order valence-electron chi connectivity index (χ4n) is 1.55. The van der Waals surface area contributed by atoms with E-state index in [0.717, 1.165) is 28.0 Å². The van der Waals surface area contributed by atoms with E-state index in [1.165, 1.54) is 0 Å². The molecule has 2 N–H and O–H groups in total. The lowest BCUT2D eigenvalue weighted by atomic mass is 10.1. The standard InChI is InChI=1S/C11H14BrNO2/c1-7(13)8-5-10-11(6-9(8)12)15-4-2-3-14-10/h5-7H,2-4,13H2,1H3. The Hall–Kier alpha value is -0.740. The Morgan fingerprint density at radius 1 is 1.27 bits per heavy atom. The Kier molecular flexibility index (Phi) is 3.17. The Bertz CT molecular complexity index is 366. The van der Waals surface area contributed by atoms with Crippen LogP contribution in [0.15, 0.2) is 16.6 Å². The molecule has 1 aromatic carbocycles. The summed E-state index contributed by atoms with van der Waals surface area (Å²) in [6.07, 6.45) is 0.916. The van der Waals surface area contributed by atoms with Crippen LogP contribution in [0.5, 0.6) is 11.5 Å². The van der Waals surface area contributed by atoms with Crippen molar-refractivity contribution in [1.82, 2.24) is 0 Å². The highest BCUT2D eigenvalue weighted by Gasteiger charge is 2.15. The summed E-state index contributed by atoms with van der Waals surface area (Å²) in [5.74, 6) is 1.59. The van der Waals surface area contributed by atoms with Gasteiger partial charge in [-0.05, 0) is 24.6 Å². The molecule has 1 heterocycles. The maximum absolute atomic E-state index is 5.86. The quantitative estimate of drug-likeness (QED) is 0.854. The summed E-state index contributed by atoms with van der Waals surface area (Å²) in [5.41, 5.74) is 6.90. The van der Waals surface area contributed by atoms with Crippen molar-refractivity contribution in [2.45, 2.75) is 19.4 Å². The lowest BCUT2D eigenvalue weighted by Crippen LogP contribution is -2.06. The summed E-state index contributed by atoms with van der Waals surface area (Å²) in [4.78, 5) is 0. The Morgan fingerprint density at radius 3 is 2.47 bits per heavy atom. The highest BCUT2D eigenvalue weighted by atomic mass is 79.9. The first kappa shape index (κ1) is 10.8. The number of hydrogen-bond donors (Lipinski definition) is 1. The predicted octanol–water partition coefficient (Wildman–Crippen LogP) is 2.63. The van der Waals surface area contributed by atoms with Crippen molar-refractivity contribution >= 4 is 15.9 Å². The number of nitrogens with two attached hydrogens (primary N) is 1. The fraction of sp³-hybridized carbons (Fsp3) is 0.455. The molecule has 2 rings (SSSR count). The van der Waals surface area contributed by atoms with Crippen molar-refractivity contribution in [3.8, 4) is 11.5 Å². The van der Waals surface area contributed by atoms with Crippen LogP contribution in [0.2, 0.25) is 0 Å². The zero-order valence-electron chi connectivity index (χ0n) is 8.63. The summed E-state index contributed by atoms with van der Waals surface area (Å²) >= 11 is 3.49. The van der Waals surface area contributed by atoms with Gasteiger partial charge in [-0.2, -0.15) is 0 Å². The summed E-state index contributed by atoms with van der Waals surface area (Å²) in [6.45, 7) is 3.36. The van der Waals surface area contributed by atoms with Crippen LogP contribution in [-0.2, 0) is 0 Å². The number of ether oxygens (including phenoxy) is 2. The van der Waals surface area contributed by atoms with Crippen molar-refractivity contribution in [2.75, 3.05) is 13.2 Å². The van der Waals surface area contributed by atoms with E-state index >= 15 is 0 Å². The van der Waals surface area contributed by atoms with Crippen LogP contribution < -0.4 is 15.2 Å². The smallest absolute Gasteiger partial charge is 0.162 e. The van der Waals surface area contributed by atoms with E-state index in [2.05, 4.69) is 15.9 Å². The number of hydrogen-bond acceptors (Lipinski definition) is 3. The summed E-state index contributed by atoms with van der Waals surface area (Å²) in [5, 5.41) is 0. The molecule has 0 fully saturated rings. The lowest BCUT2D eigenvalue weighted by molar-refractivity contribution is 0.297. The second-order valence-electron chi connectivity index (χ2n) is 3.66. The molecule has 1 aromatic rings. The van der Waals surface area contributed by atoms with Crippen LogP contribution in [0.1, 0.15) is 24.9 Å². The molecule has 82 valence electrons. The third-order valence-corrected chi connectivity index (χ3v) is 3.04. The molecule has 0 spiro atoms. The van der Waals surface area contributed by atoms with E-state index < -0.39 is 0 Å². The summed E-state index contributed by atoms with van der Waals surface area (Å²) < 4.78 is 12.1. The normalized spacial score (nSPS) is 17.0. The van der Waals surface area contributed by atoms with Gasteiger partial charge in [0.05, 0.1) is 13.2 Å². The van der Waals surface area contributed by atoms with Gasteiger partial charge < -0.3 is 15.2 Å². The van der Waals surface area contributed by atoms with Crippen molar-refractivity contribution in [3.63, 3.8) is 0 Å². The van der Waals surface area contributed by atoms with Gasteiger partial charge in [0, 0.05) is 16.9 Å². The molecule has 0 aromatic heterocycles. The fourth-order valence-corrected chi connectivity index (χ4v) is 2.23. The van der Waals surface area contributed by atoms with Gasteiger partial charge in [-0.1, -0.05) is 15.9 Å². The van der Waals surface area contributed by atoms with Crippen molar-refractivity contribution < 1.29 is 9.47 Å². The molecular weight excluding hydrogens is 258 g/mol. The molecule has 0 radical (unpaired) electrons. The summed E-state index contributed by atoms with van der Waals surface area (Å²) in [7, 11) is 0. The van der Waals surface area contributed by atoms with Crippen LogP contribution in [0.25, 0.3) is 0 Å².